The smallest absolute Gasteiger partial charge is 0.327 e. The maximum Gasteiger partial charge on any atom is 0.327 e. The summed E-state index contributed by atoms with van der Waals surface area (Å²) in [7, 11) is 0. The zero-order chi connectivity index (χ0) is 20.9. The van der Waals surface area contributed by atoms with E-state index in [0.717, 1.165) is 12.8 Å². The number of rotatable bonds is 5. The third-order valence-electron chi connectivity index (χ3n) is 5.31. The molecule has 0 aliphatic carbocycles. The van der Waals surface area contributed by atoms with Crippen molar-refractivity contribution in [1.29, 1.82) is 0 Å². The number of esters is 1. The highest BCUT2D eigenvalue weighted by Gasteiger charge is 2.32. The van der Waals surface area contributed by atoms with E-state index in [2.05, 4.69) is 0 Å². The summed E-state index contributed by atoms with van der Waals surface area (Å²) in [6, 6.07) is 16.1. The Bertz CT molecular complexity index is 924. The van der Waals surface area contributed by atoms with Crippen molar-refractivity contribution in [2.45, 2.75) is 25.4 Å². The Morgan fingerprint density at radius 2 is 1.70 bits per heavy atom. The summed E-state index contributed by atoms with van der Waals surface area (Å²) < 4.78 is 11.3. The van der Waals surface area contributed by atoms with Gasteiger partial charge in [0.05, 0.1) is 18.7 Å². The van der Waals surface area contributed by atoms with Crippen molar-refractivity contribution in [2.75, 3.05) is 31.1 Å². The van der Waals surface area contributed by atoms with Crippen molar-refractivity contribution in [2.24, 2.45) is 0 Å². The van der Waals surface area contributed by atoms with Crippen LogP contribution in [0.3, 0.4) is 0 Å². The van der Waals surface area contributed by atoms with Crippen LogP contribution < -0.4 is 9.64 Å². The Labute approximate surface area is 175 Å². The molecular formula is C23H24N2O5. The van der Waals surface area contributed by atoms with Gasteiger partial charge in [-0.05, 0) is 25.0 Å². The third-order valence-corrected chi connectivity index (χ3v) is 5.31. The molecule has 0 N–H and O–H groups in total. The van der Waals surface area contributed by atoms with Crippen molar-refractivity contribution in [3.05, 3.63) is 60.2 Å². The summed E-state index contributed by atoms with van der Waals surface area (Å²) in [6.07, 6.45) is 1.03. The lowest BCUT2D eigenvalue weighted by molar-refractivity contribution is -0.159. The van der Waals surface area contributed by atoms with Gasteiger partial charge in [0, 0.05) is 18.7 Å². The van der Waals surface area contributed by atoms with Crippen LogP contribution in [0.1, 0.15) is 30.9 Å². The molecule has 2 aliphatic heterocycles. The average Bonchev–Trinajstić information content (AvgIpc) is 3.26. The fraction of sp³-hybridized carbons (Fsp3) is 0.348. The first-order valence-corrected chi connectivity index (χ1v) is 10.2. The van der Waals surface area contributed by atoms with Crippen LogP contribution in [-0.2, 0) is 19.1 Å². The Hall–Kier alpha value is -3.35. The van der Waals surface area contributed by atoms with Crippen LogP contribution in [0.5, 0.6) is 5.75 Å². The number of ether oxygens (including phenoxy) is 2. The van der Waals surface area contributed by atoms with Crippen LogP contribution in [0.4, 0.5) is 5.69 Å². The van der Waals surface area contributed by atoms with Crippen molar-refractivity contribution >= 4 is 23.5 Å². The fourth-order valence-electron chi connectivity index (χ4n) is 3.78. The topological polar surface area (TPSA) is 76.1 Å². The van der Waals surface area contributed by atoms with Gasteiger partial charge in [-0.25, -0.2) is 0 Å². The van der Waals surface area contributed by atoms with E-state index in [1.807, 2.05) is 12.1 Å². The van der Waals surface area contributed by atoms with Crippen LogP contribution in [0, 0.1) is 0 Å². The second-order valence-corrected chi connectivity index (χ2v) is 7.36. The molecule has 2 aliphatic rings. The van der Waals surface area contributed by atoms with Gasteiger partial charge in [0.1, 0.15) is 12.3 Å². The minimum Gasteiger partial charge on any atom is -0.491 e. The number of fused-ring (bicyclic) bond motifs is 1. The van der Waals surface area contributed by atoms with E-state index in [9.17, 15) is 14.4 Å². The minimum atomic E-state index is -1.02. The molecule has 2 aromatic carbocycles. The van der Waals surface area contributed by atoms with E-state index in [1.54, 1.807) is 47.4 Å². The lowest BCUT2D eigenvalue weighted by Crippen LogP contribution is -2.39. The molecule has 2 heterocycles. The van der Waals surface area contributed by atoms with Crippen molar-refractivity contribution < 1.29 is 23.9 Å². The number of hydrogen-bond donors (Lipinski definition) is 0. The highest BCUT2D eigenvalue weighted by atomic mass is 16.5. The van der Waals surface area contributed by atoms with Crippen LogP contribution in [0.15, 0.2) is 54.6 Å². The molecule has 4 rings (SSSR count). The SMILES string of the molecule is O=C(CN1C(=O)CCOc2ccccc21)O[C@@H](C(=O)N1CCCC1)c1ccccc1. The Kier molecular flexibility index (Phi) is 5.97. The number of likely N-dealkylation sites (tertiary alicyclic amines) is 1. The van der Waals surface area contributed by atoms with Gasteiger partial charge < -0.3 is 14.4 Å². The molecule has 1 atom stereocenters. The van der Waals surface area contributed by atoms with Gasteiger partial charge in [-0.2, -0.15) is 0 Å². The second kappa shape index (κ2) is 8.98. The predicted molar refractivity (Wildman–Crippen MR) is 110 cm³/mol. The highest BCUT2D eigenvalue weighted by Crippen LogP contribution is 2.31. The first kappa shape index (κ1) is 19.9. The highest BCUT2D eigenvalue weighted by molar-refractivity contribution is 6.00. The molecular weight excluding hydrogens is 384 g/mol. The molecule has 7 heteroatoms. The number of hydrogen-bond acceptors (Lipinski definition) is 5. The minimum absolute atomic E-state index is 0.163. The van der Waals surface area contributed by atoms with Crippen LogP contribution >= 0.6 is 0 Å². The summed E-state index contributed by atoms with van der Waals surface area (Å²) >= 11 is 0. The quantitative estimate of drug-likeness (QED) is 0.711. The van der Waals surface area contributed by atoms with Gasteiger partial charge in [-0.3, -0.25) is 19.3 Å². The Morgan fingerprint density at radius 3 is 2.47 bits per heavy atom. The number of para-hydroxylation sites is 2. The number of anilines is 1. The second-order valence-electron chi connectivity index (χ2n) is 7.36. The summed E-state index contributed by atoms with van der Waals surface area (Å²) in [5, 5.41) is 0. The summed E-state index contributed by atoms with van der Waals surface area (Å²) in [6.45, 7) is 1.29. The lowest BCUT2D eigenvalue weighted by atomic mass is 10.1. The van der Waals surface area contributed by atoms with Crippen LogP contribution in [0.2, 0.25) is 0 Å². The van der Waals surface area contributed by atoms with E-state index in [4.69, 9.17) is 9.47 Å². The summed E-state index contributed by atoms with van der Waals surface area (Å²) in [4.78, 5) is 41.6. The maximum absolute atomic E-state index is 13.0. The number of amides is 2. The largest absolute Gasteiger partial charge is 0.491 e. The van der Waals surface area contributed by atoms with E-state index < -0.39 is 12.1 Å². The Morgan fingerprint density at radius 1 is 1.00 bits per heavy atom. The van der Waals surface area contributed by atoms with Crippen molar-refractivity contribution in [3.8, 4) is 5.75 Å². The first-order chi connectivity index (χ1) is 14.6. The molecule has 0 bridgehead atoms. The molecule has 1 fully saturated rings. The molecule has 30 heavy (non-hydrogen) atoms. The zero-order valence-corrected chi connectivity index (χ0v) is 16.7. The maximum atomic E-state index is 13.0. The Balaban J connectivity index is 1.54. The molecule has 156 valence electrons. The van der Waals surface area contributed by atoms with Gasteiger partial charge in [-0.1, -0.05) is 42.5 Å². The predicted octanol–water partition coefficient (Wildman–Crippen LogP) is 2.71. The van der Waals surface area contributed by atoms with Gasteiger partial charge in [0.25, 0.3) is 5.91 Å². The average molecular weight is 408 g/mol. The van der Waals surface area contributed by atoms with Gasteiger partial charge in [0.2, 0.25) is 12.0 Å². The summed E-state index contributed by atoms with van der Waals surface area (Å²) in [5.41, 5.74) is 1.15. The number of carbonyl (C=O) groups excluding carboxylic acids is 3. The monoisotopic (exact) mass is 408 g/mol. The van der Waals surface area contributed by atoms with Crippen molar-refractivity contribution in [1.82, 2.24) is 4.90 Å². The van der Waals surface area contributed by atoms with Crippen LogP contribution in [0.25, 0.3) is 0 Å². The fourth-order valence-corrected chi connectivity index (χ4v) is 3.78. The third kappa shape index (κ3) is 4.30. The molecule has 7 nitrogen and oxygen atoms in total. The van der Waals surface area contributed by atoms with Gasteiger partial charge in [-0.15, -0.1) is 0 Å². The van der Waals surface area contributed by atoms with Crippen LogP contribution in [-0.4, -0.2) is 48.9 Å². The number of benzene rings is 2. The number of nitrogens with zero attached hydrogens (tertiary/aromatic N) is 2. The van der Waals surface area contributed by atoms with Gasteiger partial charge in [0.15, 0.2) is 0 Å². The zero-order valence-electron chi connectivity index (χ0n) is 16.7. The first-order valence-electron chi connectivity index (χ1n) is 10.2. The van der Waals surface area contributed by atoms with E-state index in [0.29, 0.717) is 30.1 Å². The van der Waals surface area contributed by atoms with Gasteiger partial charge >= 0.3 is 5.97 Å². The molecule has 0 radical (unpaired) electrons. The van der Waals surface area contributed by atoms with Crippen molar-refractivity contribution in [3.63, 3.8) is 0 Å². The molecule has 0 spiro atoms. The molecule has 1 saturated heterocycles. The normalized spacial score (nSPS) is 17.0. The molecule has 0 aromatic heterocycles. The molecule has 2 aromatic rings. The molecule has 0 unspecified atom stereocenters. The number of carbonyl (C=O) groups is 3. The molecule has 2 amide bonds. The van der Waals surface area contributed by atoms with E-state index in [1.165, 1.54) is 4.90 Å². The molecule has 0 saturated carbocycles. The lowest BCUT2D eigenvalue weighted by Gasteiger charge is -2.25. The van der Waals surface area contributed by atoms with E-state index in [-0.39, 0.29) is 31.4 Å². The van der Waals surface area contributed by atoms with E-state index >= 15 is 0 Å². The standard InChI is InChI=1S/C23H24N2O5/c26-20-12-15-29-19-11-5-4-10-18(19)25(20)16-21(27)30-22(17-8-2-1-3-9-17)23(28)24-13-6-7-14-24/h1-5,8-11,22H,6-7,12-16H2/t22-/m1/s1. The summed E-state index contributed by atoms with van der Waals surface area (Å²) in [5.74, 6) is -0.539.